The Labute approximate surface area is 168 Å². The van der Waals surface area contributed by atoms with E-state index in [4.69, 9.17) is 9.47 Å². The fourth-order valence-corrected chi connectivity index (χ4v) is 3.12. The smallest absolute Gasteiger partial charge is 0.293 e. The zero-order valence-electron chi connectivity index (χ0n) is 15.4. The topological polar surface area (TPSA) is 99.8 Å². The Morgan fingerprint density at radius 2 is 1.90 bits per heavy atom. The zero-order chi connectivity index (χ0) is 20.7. The maximum absolute atomic E-state index is 13.1. The molecular formula is C20H14FN5O4. The first-order valence-corrected chi connectivity index (χ1v) is 8.98. The molecule has 9 nitrogen and oxygen atoms in total. The van der Waals surface area contributed by atoms with Gasteiger partial charge < -0.3 is 14.8 Å². The van der Waals surface area contributed by atoms with Crippen molar-refractivity contribution in [1.82, 2.24) is 19.4 Å². The monoisotopic (exact) mass is 407 g/mol. The molecule has 2 aromatic carbocycles. The van der Waals surface area contributed by atoms with Crippen molar-refractivity contribution in [2.24, 2.45) is 0 Å². The zero-order valence-corrected chi connectivity index (χ0v) is 15.4. The first kappa shape index (κ1) is 17.9. The van der Waals surface area contributed by atoms with Gasteiger partial charge in [-0.15, -0.1) is 0 Å². The number of hydrogen-bond donors (Lipinski definition) is 1. The molecule has 0 spiro atoms. The van der Waals surface area contributed by atoms with Crippen LogP contribution in [0.25, 0.3) is 16.8 Å². The van der Waals surface area contributed by atoms with Crippen LogP contribution in [0, 0.1) is 5.82 Å². The van der Waals surface area contributed by atoms with Gasteiger partial charge in [-0.1, -0.05) is 0 Å². The number of ether oxygens (including phenoxy) is 2. The Balaban J connectivity index is 1.38. The molecule has 0 atom stereocenters. The Hall–Kier alpha value is -4.21. The van der Waals surface area contributed by atoms with Gasteiger partial charge in [-0.05, 0) is 42.5 Å². The number of benzene rings is 2. The summed E-state index contributed by atoms with van der Waals surface area (Å²) in [5, 5.41) is 11.0. The standard InChI is InChI=1S/C20H14FN5O4/c21-13-3-1-12(2-4-13)15-8-16-20(28)25(22-10-26(16)24-15)9-19(27)23-14-5-6-17-18(7-14)30-11-29-17/h1-8,10H,9,11H2,(H,23,27). The Morgan fingerprint density at radius 1 is 1.10 bits per heavy atom. The van der Waals surface area contributed by atoms with Gasteiger partial charge in [-0.2, -0.15) is 10.2 Å². The third-order valence-electron chi connectivity index (χ3n) is 4.58. The first-order valence-electron chi connectivity index (χ1n) is 8.98. The lowest BCUT2D eigenvalue weighted by Gasteiger charge is -2.07. The van der Waals surface area contributed by atoms with Crippen LogP contribution in [0.5, 0.6) is 11.5 Å². The quantitative estimate of drug-likeness (QED) is 0.556. The van der Waals surface area contributed by atoms with Gasteiger partial charge in [0.05, 0.1) is 5.69 Å². The number of nitrogens with zero attached hydrogens (tertiary/aromatic N) is 4. The summed E-state index contributed by atoms with van der Waals surface area (Å²) in [6.45, 7) is -0.141. The maximum atomic E-state index is 13.1. The van der Waals surface area contributed by atoms with Gasteiger partial charge >= 0.3 is 0 Å². The lowest BCUT2D eigenvalue weighted by atomic mass is 10.1. The average Bonchev–Trinajstić information content (AvgIpc) is 3.37. The van der Waals surface area contributed by atoms with Crippen molar-refractivity contribution in [2.45, 2.75) is 6.54 Å². The third kappa shape index (κ3) is 3.24. The van der Waals surface area contributed by atoms with E-state index < -0.39 is 11.5 Å². The number of nitrogens with one attached hydrogen (secondary N) is 1. The van der Waals surface area contributed by atoms with E-state index in [-0.39, 0.29) is 24.7 Å². The van der Waals surface area contributed by atoms with Crippen molar-refractivity contribution in [3.05, 3.63) is 71.0 Å². The van der Waals surface area contributed by atoms with Crippen LogP contribution in [0.15, 0.2) is 59.7 Å². The summed E-state index contributed by atoms with van der Waals surface area (Å²) in [4.78, 5) is 25.1. The molecule has 0 aliphatic carbocycles. The highest BCUT2D eigenvalue weighted by molar-refractivity contribution is 5.91. The van der Waals surface area contributed by atoms with E-state index in [0.29, 0.717) is 28.4 Å². The van der Waals surface area contributed by atoms with Crippen molar-refractivity contribution in [1.29, 1.82) is 0 Å². The molecule has 150 valence electrons. The second-order valence-corrected chi connectivity index (χ2v) is 6.58. The molecule has 4 aromatic rings. The highest BCUT2D eigenvalue weighted by Gasteiger charge is 2.16. The van der Waals surface area contributed by atoms with Gasteiger partial charge in [-0.25, -0.2) is 13.6 Å². The number of carbonyl (C=O) groups is 1. The van der Waals surface area contributed by atoms with E-state index >= 15 is 0 Å². The van der Waals surface area contributed by atoms with Gasteiger partial charge in [0.1, 0.15) is 24.2 Å². The summed E-state index contributed by atoms with van der Waals surface area (Å²) in [5.74, 6) is 0.359. The average molecular weight is 407 g/mol. The van der Waals surface area contributed by atoms with Gasteiger partial charge in [0.15, 0.2) is 11.5 Å². The van der Waals surface area contributed by atoms with E-state index in [0.717, 1.165) is 4.68 Å². The van der Waals surface area contributed by atoms with Crippen LogP contribution in [0.3, 0.4) is 0 Å². The number of carbonyl (C=O) groups excluding carboxylic acids is 1. The molecule has 1 aliphatic heterocycles. The number of amides is 1. The summed E-state index contributed by atoms with van der Waals surface area (Å²) in [7, 11) is 0. The number of fused-ring (bicyclic) bond motifs is 2. The molecule has 0 bridgehead atoms. The van der Waals surface area contributed by atoms with Crippen LogP contribution in [0.2, 0.25) is 0 Å². The minimum Gasteiger partial charge on any atom is -0.454 e. The van der Waals surface area contributed by atoms with E-state index in [2.05, 4.69) is 15.5 Å². The molecule has 1 amide bonds. The molecule has 10 heteroatoms. The van der Waals surface area contributed by atoms with Gasteiger partial charge in [-0.3, -0.25) is 9.59 Å². The molecule has 30 heavy (non-hydrogen) atoms. The molecule has 0 unspecified atom stereocenters. The van der Waals surface area contributed by atoms with Gasteiger partial charge in [0.2, 0.25) is 12.7 Å². The van der Waals surface area contributed by atoms with Crippen LogP contribution >= 0.6 is 0 Å². The fraction of sp³-hybridized carbons (Fsp3) is 0.100. The molecule has 0 saturated carbocycles. The summed E-state index contributed by atoms with van der Waals surface area (Å²) in [5.41, 5.74) is 1.45. The Bertz CT molecular complexity index is 1330. The normalized spacial score (nSPS) is 12.3. The van der Waals surface area contributed by atoms with E-state index in [9.17, 15) is 14.0 Å². The first-order chi connectivity index (χ1) is 14.6. The minimum atomic E-state index is -0.473. The highest BCUT2D eigenvalue weighted by Crippen LogP contribution is 2.34. The van der Waals surface area contributed by atoms with Crippen molar-refractivity contribution < 1.29 is 18.7 Å². The van der Waals surface area contributed by atoms with Crippen LogP contribution in [-0.2, 0) is 11.3 Å². The Morgan fingerprint density at radius 3 is 2.73 bits per heavy atom. The summed E-state index contributed by atoms with van der Waals surface area (Å²) < 4.78 is 26.0. The molecule has 0 fully saturated rings. The summed E-state index contributed by atoms with van der Waals surface area (Å²) in [6.07, 6.45) is 1.34. The van der Waals surface area contributed by atoms with Gasteiger partial charge in [0.25, 0.3) is 5.56 Å². The largest absolute Gasteiger partial charge is 0.454 e. The van der Waals surface area contributed by atoms with Crippen molar-refractivity contribution in [3.8, 4) is 22.8 Å². The van der Waals surface area contributed by atoms with E-state index in [1.807, 2.05) is 0 Å². The molecule has 2 aromatic heterocycles. The van der Waals surface area contributed by atoms with Crippen molar-refractivity contribution in [3.63, 3.8) is 0 Å². The summed E-state index contributed by atoms with van der Waals surface area (Å²) in [6, 6.07) is 12.4. The maximum Gasteiger partial charge on any atom is 0.293 e. The van der Waals surface area contributed by atoms with Crippen LogP contribution in [0.4, 0.5) is 10.1 Å². The fourth-order valence-electron chi connectivity index (χ4n) is 3.12. The SMILES string of the molecule is O=C(Cn1ncn2nc(-c3ccc(F)cc3)cc2c1=O)Nc1ccc2c(c1)OCO2. The minimum absolute atomic E-state index is 0.136. The molecule has 1 aliphatic rings. The van der Waals surface area contributed by atoms with Crippen LogP contribution < -0.4 is 20.3 Å². The van der Waals surface area contributed by atoms with Crippen LogP contribution in [0.1, 0.15) is 0 Å². The lowest BCUT2D eigenvalue weighted by molar-refractivity contribution is -0.117. The number of aromatic nitrogens is 4. The van der Waals surface area contributed by atoms with Crippen molar-refractivity contribution >= 4 is 17.1 Å². The molecule has 1 N–H and O–H groups in total. The second kappa shape index (κ2) is 6.99. The molecule has 0 radical (unpaired) electrons. The number of anilines is 1. The van der Waals surface area contributed by atoms with Gasteiger partial charge in [0, 0.05) is 17.3 Å². The van der Waals surface area contributed by atoms with E-state index in [1.54, 1.807) is 36.4 Å². The predicted octanol–water partition coefficient (Wildman–Crippen LogP) is 2.06. The van der Waals surface area contributed by atoms with E-state index in [1.165, 1.54) is 23.0 Å². The number of rotatable bonds is 4. The third-order valence-corrected chi connectivity index (χ3v) is 4.58. The molecule has 0 saturated heterocycles. The second-order valence-electron chi connectivity index (χ2n) is 6.58. The molecule has 5 rings (SSSR count). The molecule has 3 heterocycles. The number of hydrogen-bond acceptors (Lipinski definition) is 6. The van der Waals surface area contributed by atoms with Crippen molar-refractivity contribution in [2.75, 3.05) is 12.1 Å². The van der Waals surface area contributed by atoms with Crippen LogP contribution in [-0.4, -0.2) is 32.1 Å². The lowest BCUT2D eigenvalue weighted by Crippen LogP contribution is -2.30. The molecular weight excluding hydrogens is 393 g/mol. The Kier molecular flexibility index (Phi) is 4.16. The highest BCUT2D eigenvalue weighted by atomic mass is 19.1. The summed E-state index contributed by atoms with van der Waals surface area (Å²) >= 11 is 0. The number of halogens is 1. The predicted molar refractivity (Wildman–Crippen MR) is 104 cm³/mol.